The van der Waals surface area contributed by atoms with Crippen molar-refractivity contribution in [3.05, 3.63) is 29.8 Å². The average Bonchev–Trinajstić information content (AvgIpc) is 2.35. The number of aryl methyl sites for hydroxylation is 1. The first-order valence-electron chi connectivity index (χ1n) is 6.40. The lowest BCUT2D eigenvalue weighted by Gasteiger charge is -2.21. The number of ether oxygens (including phenoxy) is 1. The first kappa shape index (κ1) is 18.2. The molecule has 1 aliphatic heterocycles. The number of benzene rings is 1. The number of nitrogens with two attached hydrogens (primary N) is 1. The summed E-state index contributed by atoms with van der Waals surface area (Å²) in [5, 5.41) is 2.97. The summed E-state index contributed by atoms with van der Waals surface area (Å²) < 4.78 is 28.3. The molecule has 1 atom stereocenters. The standard InChI is InChI=1S/C13H19N3O3S.HI/c1-10-3-2-4-11(7-10)16-13(14)15-8-12-9-20(17,18)6-5-19-12;/h2-4,7,12H,5-6,8-9H2,1H3,(H3,14,15,16);1H. The second-order valence-electron chi connectivity index (χ2n) is 4.83. The van der Waals surface area contributed by atoms with E-state index in [1.165, 1.54) is 0 Å². The van der Waals surface area contributed by atoms with Crippen molar-refractivity contribution in [1.29, 1.82) is 0 Å². The molecule has 1 aromatic carbocycles. The Hall–Kier alpha value is -0.870. The minimum absolute atomic E-state index is 0. The van der Waals surface area contributed by atoms with E-state index in [9.17, 15) is 8.42 Å². The van der Waals surface area contributed by atoms with Crippen LogP contribution in [0.25, 0.3) is 0 Å². The maximum atomic E-state index is 11.5. The molecule has 0 bridgehead atoms. The number of hydrogen-bond acceptors (Lipinski definition) is 4. The number of sulfone groups is 1. The first-order chi connectivity index (χ1) is 9.44. The SMILES string of the molecule is Cc1cccc(NC(N)=NCC2CS(=O)(=O)CCO2)c1.I. The van der Waals surface area contributed by atoms with Crippen LogP contribution in [-0.4, -0.2) is 45.1 Å². The lowest BCUT2D eigenvalue weighted by molar-refractivity contribution is 0.0783. The number of anilines is 1. The van der Waals surface area contributed by atoms with Crippen molar-refractivity contribution in [3.8, 4) is 0 Å². The Morgan fingerprint density at radius 3 is 2.95 bits per heavy atom. The van der Waals surface area contributed by atoms with E-state index in [1.807, 2.05) is 31.2 Å². The highest BCUT2D eigenvalue weighted by Gasteiger charge is 2.25. The Kier molecular flexibility index (Phi) is 6.88. The van der Waals surface area contributed by atoms with Crippen LogP contribution in [0, 0.1) is 6.92 Å². The lowest BCUT2D eigenvalue weighted by Crippen LogP contribution is -2.37. The Labute approximate surface area is 142 Å². The number of rotatable bonds is 3. The quantitative estimate of drug-likeness (QED) is 0.431. The highest BCUT2D eigenvalue weighted by Crippen LogP contribution is 2.10. The average molecular weight is 425 g/mol. The number of guanidine groups is 1. The van der Waals surface area contributed by atoms with Crippen LogP contribution in [0.15, 0.2) is 29.3 Å². The van der Waals surface area contributed by atoms with Gasteiger partial charge < -0.3 is 15.8 Å². The smallest absolute Gasteiger partial charge is 0.193 e. The Balaban J connectivity index is 0.00000220. The Bertz CT molecular complexity index is 604. The molecule has 1 heterocycles. The number of nitrogens with one attached hydrogen (secondary N) is 1. The molecule has 2 rings (SSSR count). The molecule has 1 aliphatic rings. The molecule has 0 spiro atoms. The minimum Gasteiger partial charge on any atom is -0.374 e. The van der Waals surface area contributed by atoms with Crippen LogP contribution in [0.5, 0.6) is 0 Å². The molecule has 1 saturated heterocycles. The number of aliphatic imine (C=N–C) groups is 1. The van der Waals surface area contributed by atoms with E-state index in [2.05, 4.69) is 10.3 Å². The van der Waals surface area contributed by atoms with Crippen molar-refractivity contribution < 1.29 is 13.2 Å². The second-order valence-corrected chi connectivity index (χ2v) is 7.06. The lowest BCUT2D eigenvalue weighted by atomic mass is 10.2. The molecular formula is C13H20IN3O3S. The van der Waals surface area contributed by atoms with Crippen molar-refractivity contribution in [1.82, 2.24) is 0 Å². The van der Waals surface area contributed by atoms with Crippen molar-refractivity contribution in [2.45, 2.75) is 13.0 Å². The highest BCUT2D eigenvalue weighted by atomic mass is 127. The summed E-state index contributed by atoms with van der Waals surface area (Å²) in [5.41, 5.74) is 7.74. The van der Waals surface area contributed by atoms with Gasteiger partial charge >= 0.3 is 0 Å². The van der Waals surface area contributed by atoms with Crippen molar-refractivity contribution in [2.75, 3.05) is 30.0 Å². The van der Waals surface area contributed by atoms with Crippen molar-refractivity contribution in [2.24, 2.45) is 10.7 Å². The summed E-state index contributed by atoms with van der Waals surface area (Å²) >= 11 is 0. The fourth-order valence-corrected chi connectivity index (χ4v) is 3.26. The summed E-state index contributed by atoms with van der Waals surface area (Å²) in [6, 6.07) is 7.74. The van der Waals surface area contributed by atoms with Gasteiger partial charge in [0.05, 0.1) is 30.8 Å². The molecule has 0 aliphatic carbocycles. The summed E-state index contributed by atoms with van der Waals surface area (Å²) in [7, 11) is -3.00. The molecule has 1 unspecified atom stereocenters. The van der Waals surface area contributed by atoms with Crippen molar-refractivity contribution in [3.63, 3.8) is 0 Å². The van der Waals surface area contributed by atoms with E-state index in [1.54, 1.807) is 0 Å². The summed E-state index contributed by atoms with van der Waals surface area (Å²) in [6.07, 6.45) is -0.411. The van der Waals surface area contributed by atoms with Gasteiger partial charge in [-0.15, -0.1) is 24.0 Å². The van der Waals surface area contributed by atoms with Crippen LogP contribution in [0.2, 0.25) is 0 Å². The first-order valence-corrected chi connectivity index (χ1v) is 8.22. The zero-order chi connectivity index (χ0) is 14.6. The van der Waals surface area contributed by atoms with Gasteiger partial charge in [0.1, 0.15) is 0 Å². The van der Waals surface area contributed by atoms with Gasteiger partial charge in [-0.25, -0.2) is 8.42 Å². The van der Waals surface area contributed by atoms with Crippen LogP contribution in [0.4, 0.5) is 5.69 Å². The summed E-state index contributed by atoms with van der Waals surface area (Å²) in [4.78, 5) is 4.13. The fraction of sp³-hybridized carbons (Fsp3) is 0.462. The van der Waals surface area contributed by atoms with Gasteiger partial charge in [-0.3, -0.25) is 4.99 Å². The number of hydrogen-bond donors (Lipinski definition) is 2. The number of halogens is 1. The molecule has 6 nitrogen and oxygen atoms in total. The van der Waals surface area contributed by atoms with Crippen LogP contribution >= 0.6 is 24.0 Å². The van der Waals surface area contributed by atoms with Gasteiger partial charge in [-0.2, -0.15) is 0 Å². The van der Waals surface area contributed by atoms with E-state index in [0.717, 1.165) is 11.3 Å². The van der Waals surface area contributed by atoms with Crippen LogP contribution in [0.1, 0.15) is 5.56 Å². The number of nitrogens with zero attached hydrogens (tertiary/aromatic N) is 1. The molecule has 0 saturated carbocycles. The maximum absolute atomic E-state index is 11.5. The molecule has 21 heavy (non-hydrogen) atoms. The molecule has 0 amide bonds. The van der Waals surface area contributed by atoms with Gasteiger partial charge in [-0.1, -0.05) is 12.1 Å². The minimum atomic E-state index is -3.00. The zero-order valence-electron chi connectivity index (χ0n) is 11.8. The topological polar surface area (TPSA) is 93.8 Å². The van der Waals surface area contributed by atoms with E-state index in [-0.39, 0.29) is 54.6 Å². The largest absolute Gasteiger partial charge is 0.374 e. The van der Waals surface area contributed by atoms with Gasteiger partial charge in [0.25, 0.3) is 0 Å². The monoisotopic (exact) mass is 425 g/mol. The molecule has 1 aromatic rings. The normalized spacial score (nSPS) is 21.4. The third-order valence-corrected chi connectivity index (χ3v) is 4.61. The van der Waals surface area contributed by atoms with Crippen LogP contribution in [0.3, 0.4) is 0 Å². The highest BCUT2D eigenvalue weighted by molar-refractivity contribution is 14.0. The molecule has 0 aromatic heterocycles. The van der Waals surface area contributed by atoms with Crippen LogP contribution in [-0.2, 0) is 14.6 Å². The Morgan fingerprint density at radius 2 is 2.29 bits per heavy atom. The van der Waals surface area contributed by atoms with E-state index >= 15 is 0 Å². The van der Waals surface area contributed by atoms with E-state index in [4.69, 9.17) is 10.5 Å². The Morgan fingerprint density at radius 1 is 1.52 bits per heavy atom. The molecule has 0 radical (unpaired) electrons. The molecule has 1 fully saturated rings. The molecule has 8 heteroatoms. The summed E-state index contributed by atoms with van der Waals surface area (Å²) in [5.74, 6) is 0.348. The third-order valence-electron chi connectivity index (χ3n) is 2.94. The van der Waals surface area contributed by atoms with Gasteiger partial charge in [0.2, 0.25) is 0 Å². The summed E-state index contributed by atoms with van der Waals surface area (Å²) in [6.45, 7) is 2.46. The predicted octanol–water partition coefficient (Wildman–Crippen LogP) is 1.15. The van der Waals surface area contributed by atoms with Gasteiger partial charge in [0.15, 0.2) is 15.8 Å². The van der Waals surface area contributed by atoms with E-state index < -0.39 is 15.9 Å². The third kappa shape index (κ3) is 6.18. The predicted molar refractivity (Wildman–Crippen MR) is 95.1 cm³/mol. The van der Waals surface area contributed by atoms with Gasteiger partial charge in [0, 0.05) is 5.69 Å². The van der Waals surface area contributed by atoms with E-state index in [0.29, 0.717) is 0 Å². The fourth-order valence-electron chi connectivity index (χ4n) is 1.97. The molecular weight excluding hydrogens is 405 g/mol. The molecule has 3 N–H and O–H groups in total. The van der Waals surface area contributed by atoms with Crippen LogP contribution < -0.4 is 11.1 Å². The zero-order valence-corrected chi connectivity index (χ0v) is 14.9. The van der Waals surface area contributed by atoms with Crippen molar-refractivity contribution >= 4 is 45.5 Å². The second kappa shape index (κ2) is 7.95. The molecule has 118 valence electrons. The van der Waals surface area contributed by atoms with Gasteiger partial charge in [-0.05, 0) is 24.6 Å². The maximum Gasteiger partial charge on any atom is 0.193 e.